The van der Waals surface area contributed by atoms with Crippen molar-refractivity contribution in [2.75, 3.05) is 0 Å². The van der Waals surface area contributed by atoms with Crippen LogP contribution in [0.3, 0.4) is 0 Å². The molecule has 9 rings (SSSR count). The lowest BCUT2D eigenvalue weighted by molar-refractivity contribution is 1.21. The molecule has 9 aromatic rings. The average Bonchev–Trinajstić information content (AvgIpc) is 3.33. The highest BCUT2D eigenvalue weighted by molar-refractivity contribution is 6.23. The number of fused-ring (bicyclic) bond motifs is 9. The molecule has 0 amide bonds. The molecule has 0 radical (unpaired) electrons. The number of benzene rings is 7. The quantitative estimate of drug-likeness (QED) is 0.164. The van der Waals surface area contributed by atoms with Gasteiger partial charge in [0.05, 0.1) is 11.0 Å². The number of hydrogen-bond acceptors (Lipinski definition) is 1. The lowest BCUT2D eigenvalue weighted by atomic mass is 9.91. The van der Waals surface area contributed by atoms with Gasteiger partial charge in [-0.15, -0.1) is 0 Å². The molecule has 0 unspecified atom stereocenters. The third-order valence-electron chi connectivity index (χ3n) is 8.47. The Morgan fingerprint density at radius 3 is 1.90 bits per heavy atom. The van der Waals surface area contributed by atoms with Crippen molar-refractivity contribution in [1.82, 2.24) is 4.40 Å². The van der Waals surface area contributed by atoms with Gasteiger partial charge in [0.2, 0.25) is 0 Å². The number of rotatable bonds is 1. The summed E-state index contributed by atoms with van der Waals surface area (Å²) in [6, 6.07) is 45.1. The normalized spacial score (nSPS) is 12.2. The minimum absolute atomic E-state index is 0.0425. The predicted molar refractivity (Wildman–Crippen MR) is 165 cm³/mol. The van der Waals surface area contributed by atoms with Gasteiger partial charge in [0.25, 0.3) is 5.56 Å². The Balaban J connectivity index is 1.44. The van der Waals surface area contributed by atoms with E-state index in [2.05, 4.69) is 103 Å². The molecule has 0 aliphatic carbocycles. The van der Waals surface area contributed by atoms with E-state index in [9.17, 15) is 4.79 Å². The lowest BCUT2D eigenvalue weighted by Gasteiger charge is -2.13. The smallest absolute Gasteiger partial charge is 0.263 e. The largest absolute Gasteiger partial charge is 0.275 e. The van der Waals surface area contributed by atoms with E-state index in [-0.39, 0.29) is 5.56 Å². The third-order valence-corrected chi connectivity index (χ3v) is 8.47. The summed E-state index contributed by atoms with van der Waals surface area (Å²) in [5.74, 6) is 0. The third kappa shape index (κ3) is 2.73. The number of nitrogens with zero attached hydrogens (tertiary/aromatic N) is 1. The molecule has 2 heteroatoms. The fraction of sp³-hybridized carbons (Fsp3) is 0. The molecule has 0 aliphatic heterocycles. The fourth-order valence-corrected chi connectivity index (χ4v) is 6.73. The molecule has 0 spiro atoms. The van der Waals surface area contributed by atoms with Gasteiger partial charge in [0.1, 0.15) is 0 Å². The first-order valence-electron chi connectivity index (χ1n) is 13.3. The SMILES string of the molecule is O=c1c2ccccc2c2cc(-c3cccc4c3ccc3cc5ccccc5cc34)cc3c4ccccc4n1c23. The molecule has 0 bridgehead atoms. The van der Waals surface area contributed by atoms with Gasteiger partial charge < -0.3 is 0 Å². The highest BCUT2D eigenvalue weighted by atomic mass is 16.1. The summed E-state index contributed by atoms with van der Waals surface area (Å²) in [6.07, 6.45) is 0. The number of para-hydroxylation sites is 1. The van der Waals surface area contributed by atoms with E-state index >= 15 is 0 Å². The van der Waals surface area contributed by atoms with Crippen LogP contribution in [0.4, 0.5) is 0 Å². The molecule has 0 N–H and O–H groups in total. The van der Waals surface area contributed by atoms with Crippen molar-refractivity contribution in [2.45, 2.75) is 0 Å². The monoisotopic (exact) mass is 495 g/mol. The van der Waals surface area contributed by atoms with Gasteiger partial charge >= 0.3 is 0 Å². The van der Waals surface area contributed by atoms with E-state index in [1.807, 2.05) is 28.7 Å². The van der Waals surface area contributed by atoms with E-state index in [4.69, 9.17) is 0 Å². The van der Waals surface area contributed by atoms with Crippen LogP contribution in [0, 0.1) is 0 Å². The van der Waals surface area contributed by atoms with Crippen LogP contribution >= 0.6 is 0 Å². The molecule has 0 saturated heterocycles. The molecule has 2 aromatic heterocycles. The molecule has 39 heavy (non-hydrogen) atoms. The van der Waals surface area contributed by atoms with Crippen LogP contribution in [-0.4, -0.2) is 4.40 Å². The highest BCUT2D eigenvalue weighted by Crippen LogP contribution is 2.40. The summed E-state index contributed by atoms with van der Waals surface area (Å²) < 4.78 is 1.91. The van der Waals surface area contributed by atoms with Crippen LogP contribution in [0.1, 0.15) is 0 Å². The maximum absolute atomic E-state index is 13.7. The Hall–Kier alpha value is -5.21. The summed E-state index contributed by atoms with van der Waals surface area (Å²) >= 11 is 0. The molecule has 2 nitrogen and oxygen atoms in total. The first kappa shape index (κ1) is 20.8. The summed E-state index contributed by atoms with van der Waals surface area (Å²) in [7, 11) is 0. The maximum Gasteiger partial charge on any atom is 0.263 e. The van der Waals surface area contributed by atoms with E-state index in [0.717, 1.165) is 43.5 Å². The van der Waals surface area contributed by atoms with Crippen molar-refractivity contribution in [3.05, 3.63) is 138 Å². The van der Waals surface area contributed by atoms with Gasteiger partial charge in [0, 0.05) is 21.5 Å². The second-order valence-corrected chi connectivity index (χ2v) is 10.5. The van der Waals surface area contributed by atoms with E-state index in [0.29, 0.717) is 0 Å². The molecule has 0 saturated carbocycles. The fourth-order valence-electron chi connectivity index (χ4n) is 6.73. The molecule has 0 aliphatic rings. The van der Waals surface area contributed by atoms with Crippen LogP contribution < -0.4 is 5.56 Å². The summed E-state index contributed by atoms with van der Waals surface area (Å²) in [5, 5.41) is 12.6. The first-order valence-corrected chi connectivity index (χ1v) is 13.3. The predicted octanol–water partition coefficient (Wildman–Crippen LogP) is 9.32. The Labute approximate surface area is 223 Å². The molecule has 0 fully saturated rings. The van der Waals surface area contributed by atoms with Crippen LogP contribution in [-0.2, 0) is 0 Å². The van der Waals surface area contributed by atoms with Crippen molar-refractivity contribution >= 4 is 70.3 Å². The topological polar surface area (TPSA) is 21.5 Å². The summed E-state index contributed by atoms with van der Waals surface area (Å²) in [4.78, 5) is 13.7. The van der Waals surface area contributed by atoms with Gasteiger partial charge in [0.15, 0.2) is 0 Å². The zero-order chi connectivity index (χ0) is 25.7. The van der Waals surface area contributed by atoms with Crippen LogP contribution in [0.5, 0.6) is 0 Å². The van der Waals surface area contributed by atoms with Crippen molar-refractivity contribution in [3.8, 4) is 11.1 Å². The lowest BCUT2D eigenvalue weighted by Crippen LogP contribution is -2.12. The minimum atomic E-state index is 0.0425. The Bertz CT molecular complexity index is 2520. The van der Waals surface area contributed by atoms with Crippen molar-refractivity contribution < 1.29 is 0 Å². The van der Waals surface area contributed by atoms with E-state index in [1.54, 1.807) is 0 Å². The van der Waals surface area contributed by atoms with Gasteiger partial charge in [-0.1, -0.05) is 91.0 Å². The number of hydrogen-bond donors (Lipinski definition) is 0. The van der Waals surface area contributed by atoms with Gasteiger partial charge in [-0.3, -0.25) is 9.20 Å². The van der Waals surface area contributed by atoms with Crippen molar-refractivity contribution in [2.24, 2.45) is 0 Å². The zero-order valence-corrected chi connectivity index (χ0v) is 21.0. The van der Waals surface area contributed by atoms with Crippen LogP contribution in [0.25, 0.3) is 81.4 Å². The van der Waals surface area contributed by atoms with Crippen molar-refractivity contribution in [3.63, 3.8) is 0 Å². The average molecular weight is 496 g/mol. The van der Waals surface area contributed by atoms with Crippen molar-refractivity contribution in [1.29, 1.82) is 0 Å². The Morgan fingerprint density at radius 1 is 0.410 bits per heavy atom. The standard InChI is InChI=1S/C37H21NO/c39-37-31-12-4-3-10-28(31)33-20-25(21-34-30-11-5-6-15-35(30)38(37)36(33)34)26-13-7-14-27-29(26)17-16-24-18-22-8-1-2-9-23(22)19-32(24)27/h1-21H. The maximum atomic E-state index is 13.7. The molecule has 180 valence electrons. The number of pyridine rings is 1. The Kier molecular flexibility index (Phi) is 3.96. The molecule has 0 atom stereocenters. The molecule has 7 aromatic carbocycles. The summed E-state index contributed by atoms with van der Waals surface area (Å²) in [6.45, 7) is 0. The van der Waals surface area contributed by atoms with Crippen LogP contribution in [0.2, 0.25) is 0 Å². The molecular formula is C37H21NO. The zero-order valence-electron chi connectivity index (χ0n) is 21.0. The van der Waals surface area contributed by atoms with Gasteiger partial charge in [-0.05, 0) is 85.2 Å². The highest BCUT2D eigenvalue weighted by Gasteiger charge is 2.19. The van der Waals surface area contributed by atoms with Gasteiger partial charge in [-0.2, -0.15) is 0 Å². The number of aromatic nitrogens is 1. The summed E-state index contributed by atoms with van der Waals surface area (Å²) in [5.41, 5.74) is 4.37. The second kappa shape index (κ2) is 7.43. The second-order valence-electron chi connectivity index (χ2n) is 10.5. The molecule has 2 heterocycles. The van der Waals surface area contributed by atoms with Gasteiger partial charge in [-0.25, -0.2) is 0 Å². The van der Waals surface area contributed by atoms with E-state index < -0.39 is 0 Å². The first-order chi connectivity index (χ1) is 19.3. The van der Waals surface area contributed by atoms with Crippen LogP contribution in [0.15, 0.2) is 132 Å². The minimum Gasteiger partial charge on any atom is -0.275 e. The van der Waals surface area contributed by atoms with E-state index in [1.165, 1.54) is 37.9 Å². The molecular weight excluding hydrogens is 474 g/mol. The Morgan fingerprint density at radius 2 is 1.05 bits per heavy atom.